The lowest BCUT2D eigenvalue weighted by molar-refractivity contribution is 0.606. The third kappa shape index (κ3) is 2.67. The summed E-state index contributed by atoms with van der Waals surface area (Å²) in [4.78, 5) is 8.15. The number of pyridine rings is 2. The van der Waals surface area contributed by atoms with Gasteiger partial charge in [0.05, 0.1) is 17.0 Å². The van der Waals surface area contributed by atoms with E-state index in [0.717, 1.165) is 6.26 Å². The summed E-state index contributed by atoms with van der Waals surface area (Å²) in [5.74, 6) is 0.185. The molecule has 9 heteroatoms. The van der Waals surface area contributed by atoms with Gasteiger partial charge in [-0.3, -0.25) is 4.72 Å². The van der Waals surface area contributed by atoms with Gasteiger partial charge in [-0.25, -0.2) is 22.9 Å². The number of nitrogens with one attached hydrogen (secondary N) is 1. The van der Waals surface area contributed by atoms with Crippen LogP contribution in [0.5, 0.6) is 0 Å². The number of nitrogens with zero attached hydrogens (tertiary/aromatic N) is 4. The highest BCUT2D eigenvalue weighted by Gasteiger charge is 2.16. The van der Waals surface area contributed by atoms with Crippen molar-refractivity contribution in [3.63, 3.8) is 0 Å². The van der Waals surface area contributed by atoms with E-state index in [4.69, 9.17) is 11.6 Å². The molecule has 0 aliphatic heterocycles. The van der Waals surface area contributed by atoms with Crippen molar-refractivity contribution in [1.29, 1.82) is 0 Å². The second kappa shape index (κ2) is 4.97. The van der Waals surface area contributed by atoms with Crippen LogP contribution in [0.2, 0.25) is 5.02 Å². The normalized spacial score (nSPS) is 11.7. The standard InChI is InChI=1S/C12H10ClN5O2S/c1-21(19,20)17-12-8(3-2-6-14-12)11-9(13)4-5-10-15-7-16-18(10)11/h2-7H,1H3,(H,14,17). The maximum Gasteiger partial charge on any atom is 0.230 e. The molecule has 0 unspecified atom stereocenters. The van der Waals surface area contributed by atoms with Crippen molar-refractivity contribution in [1.82, 2.24) is 19.6 Å². The van der Waals surface area contributed by atoms with Gasteiger partial charge in [0.15, 0.2) is 5.65 Å². The van der Waals surface area contributed by atoms with Crippen LogP contribution in [0.15, 0.2) is 36.8 Å². The van der Waals surface area contributed by atoms with Crippen LogP contribution in [0, 0.1) is 0 Å². The molecule has 3 aromatic rings. The van der Waals surface area contributed by atoms with E-state index in [1.807, 2.05) is 0 Å². The Hall–Kier alpha value is -2.19. The number of aromatic nitrogens is 4. The summed E-state index contributed by atoms with van der Waals surface area (Å²) < 4.78 is 26.8. The van der Waals surface area contributed by atoms with Gasteiger partial charge in [-0.05, 0) is 24.3 Å². The molecule has 0 fully saturated rings. The summed E-state index contributed by atoms with van der Waals surface area (Å²) >= 11 is 6.24. The molecule has 0 saturated carbocycles. The maximum absolute atomic E-state index is 11.5. The predicted octanol–water partition coefficient (Wildman–Crippen LogP) is 1.82. The minimum atomic E-state index is -3.46. The Kier molecular flexibility index (Phi) is 3.26. The van der Waals surface area contributed by atoms with E-state index >= 15 is 0 Å². The van der Waals surface area contributed by atoms with Gasteiger partial charge in [0.1, 0.15) is 12.1 Å². The molecule has 0 spiro atoms. The fourth-order valence-electron chi connectivity index (χ4n) is 1.96. The Balaban J connectivity index is 2.28. The van der Waals surface area contributed by atoms with Crippen LogP contribution < -0.4 is 4.72 Å². The largest absolute Gasteiger partial charge is 0.267 e. The van der Waals surface area contributed by atoms with Crippen LogP contribution >= 0.6 is 11.6 Å². The van der Waals surface area contributed by atoms with Crippen molar-refractivity contribution in [2.45, 2.75) is 0 Å². The zero-order valence-corrected chi connectivity index (χ0v) is 12.4. The summed E-state index contributed by atoms with van der Waals surface area (Å²) in [7, 11) is -3.46. The highest BCUT2D eigenvalue weighted by molar-refractivity contribution is 7.92. The molecule has 0 amide bonds. The first-order chi connectivity index (χ1) is 9.96. The average Bonchev–Trinajstić information content (AvgIpc) is 2.86. The number of hydrogen-bond donors (Lipinski definition) is 1. The molecule has 3 rings (SSSR count). The molecule has 108 valence electrons. The molecule has 0 radical (unpaired) electrons. The van der Waals surface area contributed by atoms with Crippen LogP contribution in [0.4, 0.5) is 5.82 Å². The third-order valence-corrected chi connectivity index (χ3v) is 3.60. The van der Waals surface area contributed by atoms with Gasteiger partial charge in [-0.15, -0.1) is 0 Å². The summed E-state index contributed by atoms with van der Waals surface area (Å²) in [6, 6.07) is 6.80. The number of hydrogen-bond acceptors (Lipinski definition) is 5. The molecule has 3 aromatic heterocycles. The summed E-state index contributed by atoms with van der Waals surface area (Å²) in [5, 5.41) is 4.52. The van der Waals surface area contributed by atoms with Crippen molar-refractivity contribution >= 4 is 33.1 Å². The molecular formula is C12H10ClN5O2S. The van der Waals surface area contributed by atoms with E-state index in [9.17, 15) is 8.42 Å². The van der Waals surface area contributed by atoms with Crippen molar-refractivity contribution in [3.05, 3.63) is 41.8 Å². The third-order valence-electron chi connectivity index (χ3n) is 2.74. The van der Waals surface area contributed by atoms with E-state index in [0.29, 0.717) is 21.9 Å². The molecule has 21 heavy (non-hydrogen) atoms. The molecule has 0 aliphatic carbocycles. The number of anilines is 1. The van der Waals surface area contributed by atoms with Crippen molar-refractivity contribution in [3.8, 4) is 11.3 Å². The Morgan fingerprint density at radius 3 is 2.81 bits per heavy atom. The summed E-state index contributed by atoms with van der Waals surface area (Å²) in [6.07, 6.45) is 3.95. The minimum absolute atomic E-state index is 0.185. The van der Waals surface area contributed by atoms with Crippen LogP contribution in [0.25, 0.3) is 16.9 Å². The van der Waals surface area contributed by atoms with Gasteiger partial charge in [0.2, 0.25) is 10.0 Å². The minimum Gasteiger partial charge on any atom is -0.267 e. The molecule has 3 heterocycles. The highest BCUT2D eigenvalue weighted by atomic mass is 35.5. The van der Waals surface area contributed by atoms with Gasteiger partial charge in [0.25, 0.3) is 0 Å². The Bertz CT molecular complexity index is 922. The first kappa shape index (κ1) is 13.8. The highest BCUT2D eigenvalue weighted by Crippen LogP contribution is 2.32. The van der Waals surface area contributed by atoms with Crippen molar-refractivity contribution < 1.29 is 8.42 Å². The second-order valence-corrected chi connectivity index (χ2v) is 6.49. The van der Waals surface area contributed by atoms with Crippen LogP contribution in [-0.2, 0) is 10.0 Å². The predicted molar refractivity (Wildman–Crippen MR) is 79.7 cm³/mol. The fraction of sp³-hybridized carbons (Fsp3) is 0.0833. The average molecular weight is 324 g/mol. The van der Waals surface area contributed by atoms with Gasteiger partial charge >= 0.3 is 0 Å². The van der Waals surface area contributed by atoms with E-state index in [1.165, 1.54) is 17.0 Å². The Morgan fingerprint density at radius 2 is 2.05 bits per heavy atom. The SMILES string of the molecule is CS(=O)(=O)Nc1ncccc1-c1c(Cl)ccc2ncnn12. The van der Waals surface area contributed by atoms with Crippen molar-refractivity contribution in [2.24, 2.45) is 0 Å². The van der Waals surface area contributed by atoms with Crippen LogP contribution in [0.1, 0.15) is 0 Å². The Labute approximate surface area is 125 Å². The van der Waals surface area contributed by atoms with E-state index < -0.39 is 10.0 Å². The van der Waals surface area contributed by atoms with E-state index in [-0.39, 0.29) is 5.82 Å². The van der Waals surface area contributed by atoms with Crippen LogP contribution in [0.3, 0.4) is 0 Å². The quantitative estimate of drug-likeness (QED) is 0.794. The first-order valence-corrected chi connectivity index (χ1v) is 8.14. The molecule has 0 aliphatic rings. The first-order valence-electron chi connectivity index (χ1n) is 5.87. The molecule has 0 atom stereocenters. The second-order valence-electron chi connectivity index (χ2n) is 4.33. The molecule has 0 aromatic carbocycles. The molecule has 1 N–H and O–H groups in total. The number of rotatable bonds is 3. The maximum atomic E-state index is 11.5. The molecule has 0 bridgehead atoms. The lowest BCUT2D eigenvalue weighted by atomic mass is 10.1. The number of halogens is 1. The molecule has 0 saturated heterocycles. The zero-order chi connectivity index (χ0) is 15.0. The number of sulfonamides is 1. The number of fused-ring (bicyclic) bond motifs is 1. The summed E-state index contributed by atoms with van der Waals surface area (Å²) in [5.41, 5.74) is 1.64. The van der Waals surface area contributed by atoms with Crippen molar-refractivity contribution in [2.75, 3.05) is 11.0 Å². The van der Waals surface area contributed by atoms with Gasteiger partial charge in [-0.2, -0.15) is 5.10 Å². The monoisotopic (exact) mass is 323 g/mol. The lowest BCUT2D eigenvalue weighted by Crippen LogP contribution is -2.12. The molecule has 7 nitrogen and oxygen atoms in total. The van der Waals surface area contributed by atoms with Gasteiger partial charge in [0, 0.05) is 11.8 Å². The lowest BCUT2D eigenvalue weighted by Gasteiger charge is -2.11. The molecular weight excluding hydrogens is 314 g/mol. The Morgan fingerprint density at radius 1 is 1.24 bits per heavy atom. The van der Waals surface area contributed by atoms with Gasteiger partial charge < -0.3 is 0 Å². The van der Waals surface area contributed by atoms with E-state index in [2.05, 4.69) is 19.8 Å². The fourth-order valence-corrected chi connectivity index (χ4v) is 2.72. The summed E-state index contributed by atoms with van der Waals surface area (Å²) in [6.45, 7) is 0. The topological polar surface area (TPSA) is 89.2 Å². The zero-order valence-electron chi connectivity index (χ0n) is 10.9. The smallest absolute Gasteiger partial charge is 0.230 e. The van der Waals surface area contributed by atoms with E-state index in [1.54, 1.807) is 24.3 Å². The van der Waals surface area contributed by atoms with Gasteiger partial charge in [-0.1, -0.05) is 11.6 Å². The van der Waals surface area contributed by atoms with Crippen LogP contribution in [-0.4, -0.2) is 34.3 Å².